The van der Waals surface area contributed by atoms with Gasteiger partial charge in [0.05, 0.1) is 24.2 Å². The average Bonchev–Trinajstić information content (AvgIpc) is 3.10. The number of hydrogen-bond acceptors (Lipinski definition) is 4. The molecule has 1 aromatic heterocycles. The molecule has 0 saturated carbocycles. The highest BCUT2D eigenvalue weighted by Gasteiger charge is 2.34. The maximum absolute atomic E-state index is 12.9. The molecule has 1 aliphatic rings. The van der Waals surface area contributed by atoms with Crippen LogP contribution in [0.1, 0.15) is 23.7 Å². The number of ether oxygens (including phenoxy) is 1. The Bertz CT molecular complexity index is 841. The highest BCUT2D eigenvalue weighted by molar-refractivity contribution is 7.91. The molecule has 1 fully saturated rings. The Morgan fingerprint density at radius 1 is 1.43 bits per heavy atom. The summed E-state index contributed by atoms with van der Waals surface area (Å²) in [6.45, 7) is 2.36. The van der Waals surface area contributed by atoms with Crippen LogP contribution < -0.4 is 4.74 Å². The number of nitrogens with one attached hydrogen (secondary N) is 1. The van der Waals surface area contributed by atoms with Gasteiger partial charge in [-0.1, -0.05) is 0 Å². The van der Waals surface area contributed by atoms with Gasteiger partial charge in [-0.15, -0.1) is 0 Å². The van der Waals surface area contributed by atoms with Crippen molar-refractivity contribution in [2.24, 2.45) is 0 Å². The zero-order valence-electron chi connectivity index (χ0n) is 13.2. The quantitative estimate of drug-likeness (QED) is 0.924. The SMILES string of the molecule is CCN(C(=O)c1c[nH]c2ccc(OC)cc12)C1CCS(=O)(=O)C1. The molecule has 0 bridgehead atoms. The Morgan fingerprint density at radius 3 is 2.83 bits per heavy atom. The van der Waals surface area contributed by atoms with E-state index in [1.54, 1.807) is 18.2 Å². The third kappa shape index (κ3) is 2.93. The first-order valence-corrected chi connectivity index (χ1v) is 9.44. The van der Waals surface area contributed by atoms with Crippen molar-refractivity contribution in [3.8, 4) is 5.75 Å². The molecule has 1 N–H and O–H groups in total. The molecule has 7 heteroatoms. The van der Waals surface area contributed by atoms with Gasteiger partial charge in [-0.05, 0) is 31.5 Å². The highest BCUT2D eigenvalue weighted by atomic mass is 32.2. The van der Waals surface area contributed by atoms with E-state index in [-0.39, 0.29) is 23.5 Å². The minimum absolute atomic E-state index is 0.0538. The minimum atomic E-state index is -3.03. The van der Waals surface area contributed by atoms with Crippen LogP contribution >= 0.6 is 0 Å². The largest absolute Gasteiger partial charge is 0.497 e. The van der Waals surface area contributed by atoms with Crippen molar-refractivity contribution >= 4 is 26.6 Å². The lowest BCUT2D eigenvalue weighted by Crippen LogP contribution is -2.40. The predicted octanol–water partition coefficient (Wildman–Crippen LogP) is 1.83. The zero-order chi connectivity index (χ0) is 16.6. The lowest BCUT2D eigenvalue weighted by molar-refractivity contribution is 0.0710. The first-order valence-electron chi connectivity index (χ1n) is 7.61. The number of aromatic nitrogens is 1. The minimum Gasteiger partial charge on any atom is -0.497 e. The normalized spacial score (nSPS) is 19.8. The maximum Gasteiger partial charge on any atom is 0.256 e. The van der Waals surface area contributed by atoms with Crippen molar-refractivity contribution in [3.63, 3.8) is 0 Å². The molecular weight excluding hydrogens is 316 g/mol. The number of methoxy groups -OCH3 is 1. The van der Waals surface area contributed by atoms with E-state index < -0.39 is 9.84 Å². The van der Waals surface area contributed by atoms with Gasteiger partial charge in [0.1, 0.15) is 5.75 Å². The van der Waals surface area contributed by atoms with Gasteiger partial charge in [-0.2, -0.15) is 0 Å². The van der Waals surface area contributed by atoms with E-state index in [0.29, 0.717) is 24.3 Å². The molecule has 1 aromatic carbocycles. The lowest BCUT2D eigenvalue weighted by Gasteiger charge is -2.26. The number of sulfone groups is 1. The smallest absolute Gasteiger partial charge is 0.256 e. The number of rotatable bonds is 4. The first kappa shape index (κ1) is 15.9. The number of fused-ring (bicyclic) bond motifs is 1. The molecule has 0 radical (unpaired) electrons. The van der Waals surface area contributed by atoms with E-state index in [9.17, 15) is 13.2 Å². The molecular formula is C16H20N2O4S. The van der Waals surface area contributed by atoms with Crippen molar-refractivity contribution in [1.29, 1.82) is 0 Å². The monoisotopic (exact) mass is 336 g/mol. The molecule has 1 unspecified atom stereocenters. The van der Waals surface area contributed by atoms with E-state index in [1.165, 1.54) is 0 Å². The molecule has 3 rings (SSSR count). The number of hydrogen-bond donors (Lipinski definition) is 1. The molecule has 2 heterocycles. The number of benzene rings is 1. The molecule has 1 aliphatic heterocycles. The van der Waals surface area contributed by atoms with Crippen LogP contribution in [0.2, 0.25) is 0 Å². The van der Waals surface area contributed by atoms with E-state index in [2.05, 4.69) is 4.98 Å². The number of amides is 1. The summed E-state index contributed by atoms with van der Waals surface area (Å²) in [6.07, 6.45) is 2.19. The number of carbonyl (C=O) groups excluding carboxylic acids is 1. The van der Waals surface area contributed by atoms with Gasteiger partial charge in [0.25, 0.3) is 5.91 Å². The van der Waals surface area contributed by atoms with Gasteiger partial charge in [0.15, 0.2) is 9.84 Å². The molecule has 23 heavy (non-hydrogen) atoms. The van der Waals surface area contributed by atoms with Crippen LogP contribution in [0.15, 0.2) is 24.4 Å². The van der Waals surface area contributed by atoms with Gasteiger partial charge in [0.2, 0.25) is 0 Å². The van der Waals surface area contributed by atoms with Crippen LogP contribution in [0, 0.1) is 0 Å². The van der Waals surface area contributed by atoms with Crippen LogP contribution in [-0.4, -0.2) is 55.4 Å². The summed E-state index contributed by atoms with van der Waals surface area (Å²) < 4.78 is 28.6. The summed E-state index contributed by atoms with van der Waals surface area (Å²) in [4.78, 5) is 17.7. The third-order valence-electron chi connectivity index (χ3n) is 4.37. The van der Waals surface area contributed by atoms with Crippen LogP contribution in [0.25, 0.3) is 10.9 Å². The van der Waals surface area contributed by atoms with Crippen LogP contribution in [-0.2, 0) is 9.84 Å². The number of carbonyl (C=O) groups is 1. The second-order valence-electron chi connectivity index (χ2n) is 5.76. The maximum atomic E-state index is 12.9. The summed E-state index contributed by atoms with van der Waals surface area (Å²) >= 11 is 0. The van der Waals surface area contributed by atoms with E-state index >= 15 is 0 Å². The fraction of sp³-hybridized carbons (Fsp3) is 0.438. The molecule has 1 amide bonds. The fourth-order valence-corrected chi connectivity index (χ4v) is 4.88. The number of aromatic amines is 1. The second-order valence-corrected chi connectivity index (χ2v) is 7.99. The van der Waals surface area contributed by atoms with Crippen LogP contribution in [0.5, 0.6) is 5.75 Å². The van der Waals surface area contributed by atoms with Crippen molar-refractivity contribution in [2.45, 2.75) is 19.4 Å². The van der Waals surface area contributed by atoms with E-state index in [1.807, 2.05) is 25.1 Å². The molecule has 124 valence electrons. The van der Waals surface area contributed by atoms with Gasteiger partial charge < -0.3 is 14.6 Å². The average molecular weight is 336 g/mol. The molecule has 1 atom stereocenters. The second kappa shape index (κ2) is 5.88. The van der Waals surface area contributed by atoms with Crippen molar-refractivity contribution in [2.75, 3.05) is 25.2 Å². The summed E-state index contributed by atoms with van der Waals surface area (Å²) in [7, 11) is -1.45. The van der Waals surface area contributed by atoms with E-state index in [4.69, 9.17) is 4.74 Å². The predicted molar refractivity (Wildman–Crippen MR) is 88.6 cm³/mol. The molecule has 1 saturated heterocycles. The molecule has 0 aliphatic carbocycles. The Hall–Kier alpha value is -2.02. The third-order valence-corrected chi connectivity index (χ3v) is 6.12. The Morgan fingerprint density at radius 2 is 2.22 bits per heavy atom. The Kier molecular flexibility index (Phi) is 4.06. The summed E-state index contributed by atoms with van der Waals surface area (Å²) in [5, 5.41) is 0.786. The van der Waals surface area contributed by atoms with Crippen LogP contribution in [0.3, 0.4) is 0 Å². The number of H-pyrrole nitrogens is 1. The molecule has 0 spiro atoms. The lowest BCUT2D eigenvalue weighted by atomic mass is 10.1. The Labute approximate surface area is 135 Å². The van der Waals surface area contributed by atoms with Gasteiger partial charge in [-0.25, -0.2) is 8.42 Å². The summed E-state index contributed by atoms with van der Waals surface area (Å²) in [5.41, 5.74) is 1.40. The van der Waals surface area contributed by atoms with Gasteiger partial charge in [0, 0.05) is 29.7 Å². The highest BCUT2D eigenvalue weighted by Crippen LogP contribution is 2.26. The Balaban J connectivity index is 1.95. The fourth-order valence-electron chi connectivity index (χ4n) is 3.15. The van der Waals surface area contributed by atoms with E-state index in [0.717, 1.165) is 10.9 Å². The standard InChI is InChI=1S/C16H20N2O4S/c1-3-18(11-6-7-23(20,21)10-11)16(19)14-9-17-15-5-4-12(22-2)8-13(14)15/h4-5,8-9,11,17H,3,6-7,10H2,1-2H3. The van der Waals surface area contributed by atoms with Crippen LogP contribution in [0.4, 0.5) is 0 Å². The van der Waals surface area contributed by atoms with Gasteiger partial charge in [-0.3, -0.25) is 4.79 Å². The topological polar surface area (TPSA) is 79.5 Å². The molecule has 2 aromatic rings. The number of nitrogens with zero attached hydrogens (tertiary/aromatic N) is 1. The summed E-state index contributed by atoms with van der Waals surface area (Å²) in [5.74, 6) is 0.744. The summed E-state index contributed by atoms with van der Waals surface area (Å²) in [6, 6.07) is 5.27. The van der Waals surface area contributed by atoms with Gasteiger partial charge >= 0.3 is 0 Å². The van der Waals surface area contributed by atoms with Crippen molar-refractivity contribution < 1.29 is 17.9 Å². The zero-order valence-corrected chi connectivity index (χ0v) is 14.0. The first-order chi connectivity index (χ1) is 10.9. The van der Waals surface area contributed by atoms with Crippen molar-refractivity contribution in [3.05, 3.63) is 30.0 Å². The molecule has 6 nitrogen and oxygen atoms in total. The van der Waals surface area contributed by atoms with Crippen molar-refractivity contribution in [1.82, 2.24) is 9.88 Å².